The largest absolute Gasteiger partial charge is 0.342 e. The number of amides is 1. The molecule has 13 heavy (non-hydrogen) atoms. The van der Waals surface area contributed by atoms with E-state index in [1.807, 2.05) is 0 Å². The third kappa shape index (κ3) is 3.95. The van der Waals surface area contributed by atoms with Crippen LogP contribution in [0.1, 0.15) is 19.3 Å². The van der Waals surface area contributed by atoms with Gasteiger partial charge in [0.25, 0.3) is 0 Å². The fourth-order valence-corrected chi connectivity index (χ4v) is 2.14. The fraction of sp³-hybridized carbons (Fsp3) is 0.857. The van der Waals surface area contributed by atoms with Crippen molar-refractivity contribution in [1.82, 2.24) is 4.90 Å². The van der Waals surface area contributed by atoms with E-state index < -0.39 is 14.8 Å². The average molecular weight is 226 g/mol. The number of piperidine rings is 1. The molecule has 0 aliphatic carbocycles. The molecule has 0 N–H and O–H groups in total. The van der Waals surface area contributed by atoms with Crippen LogP contribution in [0.3, 0.4) is 0 Å². The molecule has 0 bridgehead atoms. The van der Waals surface area contributed by atoms with Gasteiger partial charge in [-0.1, -0.05) is 0 Å². The second kappa shape index (κ2) is 4.28. The monoisotopic (exact) mass is 225 g/mol. The summed E-state index contributed by atoms with van der Waals surface area (Å²) in [7, 11) is 1.28. The van der Waals surface area contributed by atoms with Crippen molar-refractivity contribution >= 4 is 25.6 Å². The Balaban J connectivity index is 2.47. The van der Waals surface area contributed by atoms with Gasteiger partial charge in [0.2, 0.25) is 15.0 Å². The van der Waals surface area contributed by atoms with Crippen LogP contribution in [-0.2, 0) is 13.8 Å². The quantitative estimate of drug-likeness (QED) is 0.646. The molecule has 0 radical (unpaired) electrons. The lowest BCUT2D eigenvalue weighted by Gasteiger charge is -2.26. The molecule has 4 nitrogen and oxygen atoms in total. The van der Waals surface area contributed by atoms with Crippen LogP contribution in [-0.4, -0.2) is 38.1 Å². The van der Waals surface area contributed by atoms with Gasteiger partial charge in [0.1, 0.15) is 5.75 Å². The Kier molecular flexibility index (Phi) is 3.55. The number of nitrogens with zero attached hydrogens (tertiary/aromatic N) is 1. The van der Waals surface area contributed by atoms with Crippen molar-refractivity contribution in [1.29, 1.82) is 0 Å². The molecular weight excluding hydrogens is 214 g/mol. The van der Waals surface area contributed by atoms with Gasteiger partial charge in [-0.2, -0.15) is 0 Å². The van der Waals surface area contributed by atoms with E-state index in [9.17, 15) is 13.2 Å². The van der Waals surface area contributed by atoms with Gasteiger partial charge in [0.15, 0.2) is 0 Å². The van der Waals surface area contributed by atoms with Crippen molar-refractivity contribution in [3.63, 3.8) is 0 Å². The number of carbonyl (C=O) groups is 1. The number of halogens is 1. The second-order valence-electron chi connectivity index (χ2n) is 3.12. The summed E-state index contributed by atoms with van der Waals surface area (Å²) in [5.74, 6) is -0.955. The van der Waals surface area contributed by atoms with Crippen LogP contribution >= 0.6 is 10.7 Å². The number of likely N-dealkylation sites (tertiary alicyclic amines) is 1. The fourth-order valence-electron chi connectivity index (χ4n) is 1.38. The predicted molar refractivity (Wildman–Crippen MR) is 50.1 cm³/mol. The smallest absolute Gasteiger partial charge is 0.241 e. The highest BCUT2D eigenvalue weighted by molar-refractivity contribution is 8.14. The molecule has 0 aromatic rings. The maximum Gasteiger partial charge on any atom is 0.241 e. The van der Waals surface area contributed by atoms with Crippen molar-refractivity contribution < 1.29 is 13.2 Å². The first-order valence-corrected chi connectivity index (χ1v) is 6.67. The van der Waals surface area contributed by atoms with Gasteiger partial charge >= 0.3 is 0 Å². The zero-order chi connectivity index (χ0) is 9.90. The molecule has 0 saturated carbocycles. The molecule has 0 aromatic heterocycles. The van der Waals surface area contributed by atoms with Gasteiger partial charge in [-0.25, -0.2) is 8.42 Å². The molecular formula is C7H12ClNO3S. The lowest BCUT2D eigenvalue weighted by Crippen LogP contribution is -2.38. The zero-order valence-corrected chi connectivity index (χ0v) is 8.77. The third-order valence-corrected chi connectivity index (χ3v) is 2.92. The van der Waals surface area contributed by atoms with Crippen LogP contribution in [0.15, 0.2) is 0 Å². The van der Waals surface area contributed by atoms with Crippen molar-refractivity contribution in [3.8, 4) is 0 Å². The van der Waals surface area contributed by atoms with E-state index >= 15 is 0 Å². The maximum absolute atomic E-state index is 11.3. The lowest BCUT2D eigenvalue weighted by atomic mass is 10.1. The van der Waals surface area contributed by atoms with Crippen LogP contribution in [0.5, 0.6) is 0 Å². The van der Waals surface area contributed by atoms with Crippen molar-refractivity contribution in [3.05, 3.63) is 0 Å². The highest BCUT2D eigenvalue weighted by Crippen LogP contribution is 2.10. The molecule has 1 amide bonds. The summed E-state index contributed by atoms with van der Waals surface area (Å²) in [6, 6.07) is 0. The van der Waals surface area contributed by atoms with Crippen LogP contribution in [0.25, 0.3) is 0 Å². The Hall–Kier alpha value is -0.290. The zero-order valence-electron chi connectivity index (χ0n) is 7.20. The van der Waals surface area contributed by atoms with E-state index in [1.165, 1.54) is 0 Å². The van der Waals surface area contributed by atoms with E-state index in [2.05, 4.69) is 0 Å². The molecule has 1 heterocycles. The summed E-state index contributed by atoms with van der Waals surface area (Å²) in [5, 5.41) is 0. The van der Waals surface area contributed by atoms with E-state index in [-0.39, 0.29) is 5.91 Å². The van der Waals surface area contributed by atoms with Gasteiger partial charge in [0, 0.05) is 23.8 Å². The summed E-state index contributed by atoms with van der Waals surface area (Å²) in [5.41, 5.74) is 0. The van der Waals surface area contributed by atoms with Crippen molar-refractivity contribution in [2.75, 3.05) is 18.8 Å². The SMILES string of the molecule is O=C(CS(=O)(=O)Cl)N1CCCCC1. The molecule has 0 aromatic carbocycles. The minimum absolute atomic E-state index is 0.380. The van der Waals surface area contributed by atoms with Crippen LogP contribution in [0.2, 0.25) is 0 Å². The number of hydrogen-bond acceptors (Lipinski definition) is 3. The topological polar surface area (TPSA) is 54.5 Å². The molecule has 0 atom stereocenters. The highest BCUT2D eigenvalue weighted by Gasteiger charge is 2.21. The normalized spacial score (nSPS) is 18.7. The van der Waals surface area contributed by atoms with Crippen molar-refractivity contribution in [2.24, 2.45) is 0 Å². The Labute approximate surface area is 82.3 Å². The van der Waals surface area contributed by atoms with Gasteiger partial charge in [-0.15, -0.1) is 0 Å². The van der Waals surface area contributed by atoms with Gasteiger partial charge in [-0.3, -0.25) is 4.79 Å². The highest BCUT2D eigenvalue weighted by atomic mass is 35.7. The number of carbonyl (C=O) groups excluding carboxylic acids is 1. The minimum atomic E-state index is -3.69. The average Bonchev–Trinajstić information content (AvgIpc) is 2.03. The molecule has 1 aliphatic heterocycles. The first kappa shape index (κ1) is 10.8. The van der Waals surface area contributed by atoms with E-state index in [0.717, 1.165) is 19.3 Å². The first-order valence-electron chi connectivity index (χ1n) is 4.19. The van der Waals surface area contributed by atoms with Crippen LogP contribution in [0.4, 0.5) is 0 Å². The van der Waals surface area contributed by atoms with Gasteiger partial charge in [-0.05, 0) is 19.3 Å². The summed E-state index contributed by atoms with van der Waals surface area (Å²) in [6.45, 7) is 1.32. The van der Waals surface area contributed by atoms with Gasteiger partial charge in [0.05, 0.1) is 0 Å². The number of rotatable bonds is 2. The summed E-state index contributed by atoms with van der Waals surface area (Å²) in [4.78, 5) is 12.8. The lowest BCUT2D eigenvalue weighted by molar-refractivity contribution is -0.129. The van der Waals surface area contributed by atoms with Crippen LogP contribution in [0, 0.1) is 0 Å². The molecule has 1 rings (SSSR count). The van der Waals surface area contributed by atoms with E-state index in [1.54, 1.807) is 4.90 Å². The molecule has 1 aliphatic rings. The third-order valence-electron chi connectivity index (χ3n) is 2.00. The molecule has 76 valence electrons. The second-order valence-corrected chi connectivity index (χ2v) is 5.90. The first-order chi connectivity index (χ1) is 5.99. The minimum Gasteiger partial charge on any atom is -0.342 e. The Morgan fingerprint density at radius 1 is 1.23 bits per heavy atom. The maximum atomic E-state index is 11.3. The summed E-state index contributed by atoms with van der Waals surface area (Å²) in [6.07, 6.45) is 3.01. The van der Waals surface area contributed by atoms with E-state index in [0.29, 0.717) is 13.1 Å². The Morgan fingerprint density at radius 3 is 2.23 bits per heavy atom. The predicted octanol–water partition coefficient (Wildman–Crippen LogP) is 0.568. The van der Waals surface area contributed by atoms with Crippen LogP contribution < -0.4 is 0 Å². The van der Waals surface area contributed by atoms with Gasteiger partial charge < -0.3 is 4.90 Å². The molecule has 6 heteroatoms. The molecule has 0 unspecified atom stereocenters. The van der Waals surface area contributed by atoms with Crippen molar-refractivity contribution in [2.45, 2.75) is 19.3 Å². The van der Waals surface area contributed by atoms with E-state index in [4.69, 9.17) is 10.7 Å². The molecule has 1 fully saturated rings. The summed E-state index contributed by atoms with van der Waals surface area (Å²) < 4.78 is 21.2. The Morgan fingerprint density at radius 2 is 1.77 bits per heavy atom. The molecule has 1 saturated heterocycles. The Bertz CT molecular complexity index is 282. The summed E-state index contributed by atoms with van der Waals surface area (Å²) >= 11 is 0. The molecule has 0 spiro atoms. The number of hydrogen-bond donors (Lipinski definition) is 0. The standard InChI is InChI=1S/C7H12ClNO3S/c8-13(11,12)6-7(10)9-4-2-1-3-5-9/h1-6H2.